The second kappa shape index (κ2) is 8.10. The van der Waals surface area contributed by atoms with Crippen LogP contribution in [-0.4, -0.2) is 30.4 Å². The number of rotatable bonds is 4. The number of carbonyl (C=O) groups is 1. The van der Waals surface area contributed by atoms with Gasteiger partial charge in [0.15, 0.2) is 0 Å². The fourth-order valence-corrected chi connectivity index (χ4v) is 3.39. The van der Waals surface area contributed by atoms with E-state index in [4.69, 9.17) is 11.6 Å². The molecule has 1 amide bonds. The van der Waals surface area contributed by atoms with Crippen molar-refractivity contribution in [2.75, 3.05) is 19.6 Å². The number of piperidine rings is 1. The Hall–Kier alpha value is -0.290. The predicted molar refractivity (Wildman–Crippen MR) is 83.3 cm³/mol. The van der Waals surface area contributed by atoms with E-state index in [1.54, 1.807) is 11.3 Å². The van der Waals surface area contributed by atoms with Crippen LogP contribution in [0.3, 0.4) is 0 Å². The molecule has 0 spiro atoms. The van der Waals surface area contributed by atoms with Gasteiger partial charge in [-0.05, 0) is 38.4 Å². The standard InChI is InChI=1S/C13H19ClN2OS.ClH/c1-2-16(9-11-5-6-12(14)18-11)13(17)10-4-3-7-15-8-10;/h5-6,10,15H,2-4,7-9H2,1H3;1H/t10-;/m1./s1. The van der Waals surface area contributed by atoms with Gasteiger partial charge in [-0.2, -0.15) is 0 Å². The molecule has 0 saturated carbocycles. The number of nitrogens with one attached hydrogen (secondary N) is 1. The van der Waals surface area contributed by atoms with Gasteiger partial charge in [-0.25, -0.2) is 0 Å². The maximum Gasteiger partial charge on any atom is 0.227 e. The quantitative estimate of drug-likeness (QED) is 0.923. The number of carbonyl (C=O) groups excluding carboxylic acids is 1. The van der Waals surface area contributed by atoms with Crippen LogP contribution in [-0.2, 0) is 11.3 Å². The first-order valence-corrected chi connectivity index (χ1v) is 7.64. The molecule has 1 atom stereocenters. The van der Waals surface area contributed by atoms with Crippen molar-refractivity contribution in [3.05, 3.63) is 21.3 Å². The topological polar surface area (TPSA) is 32.3 Å². The van der Waals surface area contributed by atoms with E-state index in [0.717, 1.165) is 41.7 Å². The average Bonchev–Trinajstić information content (AvgIpc) is 2.82. The Morgan fingerprint density at radius 3 is 2.89 bits per heavy atom. The summed E-state index contributed by atoms with van der Waals surface area (Å²) in [6, 6.07) is 3.89. The van der Waals surface area contributed by atoms with E-state index in [1.165, 1.54) is 0 Å². The Bertz CT molecular complexity index is 405. The van der Waals surface area contributed by atoms with Crippen LogP contribution in [0, 0.1) is 5.92 Å². The molecule has 1 saturated heterocycles. The Balaban J connectivity index is 0.00000180. The summed E-state index contributed by atoms with van der Waals surface area (Å²) in [6.07, 6.45) is 2.10. The Morgan fingerprint density at radius 2 is 2.37 bits per heavy atom. The summed E-state index contributed by atoms with van der Waals surface area (Å²) in [5, 5.41) is 3.30. The minimum Gasteiger partial charge on any atom is -0.338 e. The van der Waals surface area contributed by atoms with Crippen molar-refractivity contribution in [1.82, 2.24) is 10.2 Å². The molecule has 1 N–H and O–H groups in total. The lowest BCUT2D eigenvalue weighted by atomic mass is 9.98. The van der Waals surface area contributed by atoms with E-state index in [2.05, 4.69) is 5.32 Å². The number of amides is 1. The van der Waals surface area contributed by atoms with Crippen molar-refractivity contribution in [2.24, 2.45) is 5.92 Å². The van der Waals surface area contributed by atoms with Crippen molar-refractivity contribution >= 4 is 41.3 Å². The highest BCUT2D eigenvalue weighted by Gasteiger charge is 2.25. The van der Waals surface area contributed by atoms with Gasteiger partial charge in [0, 0.05) is 18.0 Å². The molecular formula is C13H20Cl2N2OS. The van der Waals surface area contributed by atoms with Crippen LogP contribution in [0.25, 0.3) is 0 Å². The molecule has 2 heterocycles. The van der Waals surface area contributed by atoms with Crippen LogP contribution in [0.2, 0.25) is 4.34 Å². The Kier molecular flexibility index (Phi) is 7.15. The molecular weight excluding hydrogens is 303 g/mol. The first kappa shape index (κ1) is 16.8. The number of thiophene rings is 1. The van der Waals surface area contributed by atoms with Gasteiger partial charge in [-0.15, -0.1) is 23.7 Å². The smallest absolute Gasteiger partial charge is 0.227 e. The van der Waals surface area contributed by atoms with E-state index in [-0.39, 0.29) is 24.2 Å². The van der Waals surface area contributed by atoms with Crippen molar-refractivity contribution in [2.45, 2.75) is 26.3 Å². The molecule has 108 valence electrons. The summed E-state index contributed by atoms with van der Waals surface area (Å²) in [6.45, 7) is 5.33. The van der Waals surface area contributed by atoms with Gasteiger partial charge in [0.05, 0.1) is 16.8 Å². The maximum absolute atomic E-state index is 12.4. The lowest BCUT2D eigenvalue weighted by molar-refractivity contribution is -0.136. The van der Waals surface area contributed by atoms with E-state index in [9.17, 15) is 4.79 Å². The largest absolute Gasteiger partial charge is 0.338 e. The molecule has 1 aromatic heterocycles. The zero-order valence-electron chi connectivity index (χ0n) is 11.0. The number of hydrogen-bond donors (Lipinski definition) is 1. The zero-order chi connectivity index (χ0) is 13.0. The van der Waals surface area contributed by atoms with Gasteiger partial charge in [-0.3, -0.25) is 4.79 Å². The predicted octanol–water partition coefficient (Wildman–Crippen LogP) is 3.17. The molecule has 19 heavy (non-hydrogen) atoms. The van der Waals surface area contributed by atoms with Crippen LogP contribution < -0.4 is 5.32 Å². The molecule has 0 aromatic carbocycles. The molecule has 1 aliphatic heterocycles. The first-order valence-electron chi connectivity index (χ1n) is 6.44. The fourth-order valence-electron chi connectivity index (χ4n) is 2.29. The molecule has 6 heteroatoms. The highest BCUT2D eigenvalue weighted by atomic mass is 35.5. The summed E-state index contributed by atoms with van der Waals surface area (Å²) in [5.41, 5.74) is 0. The molecule has 1 fully saturated rings. The normalized spacial score (nSPS) is 18.7. The third-order valence-electron chi connectivity index (χ3n) is 3.32. The van der Waals surface area contributed by atoms with Crippen LogP contribution in [0.1, 0.15) is 24.6 Å². The van der Waals surface area contributed by atoms with E-state index < -0.39 is 0 Å². The molecule has 1 aliphatic rings. The average molecular weight is 323 g/mol. The van der Waals surface area contributed by atoms with Crippen LogP contribution in [0.15, 0.2) is 12.1 Å². The Labute approximate surface area is 129 Å². The summed E-state index contributed by atoms with van der Waals surface area (Å²) < 4.78 is 0.785. The number of nitrogens with zero attached hydrogens (tertiary/aromatic N) is 1. The van der Waals surface area contributed by atoms with E-state index in [0.29, 0.717) is 6.54 Å². The van der Waals surface area contributed by atoms with Gasteiger partial charge < -0.3 is 10.2 Å². The first-order chi connectivity index (χ1) is 8.70. The monoisotopic (exact) mass is 322 g/mol. The van der Waals surface area contributed by atoms with E-state index in [1.807, 2.05) is 24.0 Å². The third kappa shape index (κ3) is 4.63. The molecule has 0 unspecified atom stereocenters. The second-order valence-electron chi connectivity index (χ2n) is 4.60. The summed E-state index contributed by atoms with van der Waals surface area (Å²) >= 11 is 7.47. The van der Waals surface area contributed by atoms with Crippen molar-refractivity contribution in [3.8, 4) is 0 Å². The van der Waals surface area contributed by atoms with Crippen LogP contribution in [0.5, 0.6) is 0 Å². The third-order valence-corrected chi connectivity index (χ3v) is 4.53. The Morgan fingerprint density at radius 1 is 1.58 bits per heavy atom. The van der Waals surface area contributed by atoms with Crippen LogP contribution in [0.4, 0.5) is 0 Å². The van der Waals surface area contributed by atoms with Gasteiger partial charge in [0.25, 0.3) is 0 Å². The lowest BCUT2D eigenvalue weighted by Gasteiger charge is -2.28. The highest BCUT2D eigenvalue weighted by Crippen LogP contribution is 2.23. The lowest BCUT2D eigenvalue weighted by Crippen LogP contribution is -2.42. The SMILES string of the molecule is CCN(Cc1ccc(Cl)s1)C(=O)[C@@H]1CCCNC1.Cl. The molecule has 3 nitrogen and oxygen atoms in total. The molecule has 2 rings (SSSR count). The van der Waals surface area contributed by atoms with Crippen molar-refractivity contribution in [3.63, 3.8) is 0 Å². The minimum absolute atomic E-state index is 0. The van der Waals surface area contributed by atoms with Crippen molar-refractivity contribution < 1.29 is 4.79 Å². The van der Waals surface area contributed by atoms with E-state index >= 15 is 0 Å². The number of hydrogen-bond acceptors (Lipinski definition) is 3. The number of halogens is 2. The van der Waals surface area contributed by atoms with Crippen LogP contribution >= 0.6 is 35.3 Å². The summed E-state index contributed by atoms with van der Waals surface area (Å²) in [4.78, 5) is 15.5. The molecule has 0 bridgehead atoms. The molecule has 1 aromatic rings. The van der Waals surface area contributed by atoms with Gasteiger partial charge >= 0.3 is 0 Å². The molecule has 0 radical (unpaired) electrons. The summed E-state index contributed by atoms with van der Waals surface area (Å²) in [7, 11) is 0. The van der Waals surface area contributed by atoms with Gasteiger partial charge in [0.1, 0.15) is 0 Å². The second-order valence-corrected chi connectivity index (χ2v) is 6.40. The fraction of sp³-hybridized carbons (Fsp3) is 0.615. The highest BCUT2D eigenvalue weighted by molar-refractivity contribution is 7.16. The minimum atomic E-state index is 0. The maximum atomic E-state index is 12.4. The van der Waals surface area contributed by atoms with Gasteiger partial charge in [0.2, 0.25) is 5.91 Å². The zero-order valence-corrected chi connectivity index (χ0v) is 13.4. The van der Waals surface area contributed by atoms with Crippen molar-refractivity contribution in [1.29, 1.82) is 0 Å². The summed E-state index contributed by atoms with van der Waals surface area (Å²) in [5.74, 6) is 0.420. The van der Waals surface area contributed by atoms with Gasteiger partial charge in [-0.1, -0.05) is 11.6 Å². The molecule has 0 aliphatic carbocycles.